The summed E-state index contributed by atoms with van der Waals surface area (Å²) >= 11 is 0. The molecule has 4 nitrogen and oxygen atoms in total. The zero-order valence-electron chi connectivity index (χ0n) is 12.6. The van der Waals surface area contributed by atoms with Crippen molar-refractivity contribution in [1.82, 2.24) is 0 Å². The number of hydrogen-bond acceptors (Lipinski definition) is 4. The molecule has 0 spiro atoms. The van der Waals surface area contributed by atoms with E-state index in [1.165, 1.54) is 30.3 Å². The fourth-order valence-electron chi connectivity index (χ4n) is 3.14. The van der Waals surface area contributed by atoms with E-state index in [0.29, 0.717) is 5.56 Å². The molecule has 2 aromatic rings. The predicted molar refractivity (Wildman–Crippen MR) is 85.3 cm³/mol. The minimum Gasteiger partial charge on any atom is -0.394 e. The molecule has 0 saturated heterocycles. The third-order valence-corrected chi connectivity index (χ3v) is 6.78. The molecule has 3 rings (SSSR count). The minimum atomic E-state index is -3.72. The van der Waals surface area contributed by atoms with Gasteiger partial charge in [0.25, 0.3) is 0 Å². The fraction of sp³-hybridized carbons (Fsp3) is 0.294. The summed E-state index contributed by atoms with van der Waals surface area (Å²) in [5.41, 5.74) is 6.26. The third-order valence-electron chi connectivity index (χ3n) is 4.47. The molecule has 0 aromatic heterocycles. The first kappa shape index (κ1) is 16.1. The van der Waals surface area contributed by atoms with Gasteiger partial charge in [-0.2, -0.15) is 0 Å². The molecular weight excluding hydrogens is 317 g/mol. The molecule has 0 amide bonds. The molecule has 23 heavy (non-hydrogen) atoms. The Morgan fingerprint density at radius 3 is 2.43 bits per heavy atom. The summed E-state index contributed by atoms with van der Waals surface area (Å²) < 4.78 is 39.2. The van der Waals surface area contributed by atoms with Crippen molar-refractivity contribution < 1.29 is 17.9 Å². The van der Waals surface area contributed by atoms with Crippen LogP contribution in [0.25, 0.3) is 0 Å². The van der Waals surface area contributed by atoms with Crippen LogP contribution in [0.2, 0.25) is 0 Å². The van der Waals surface area contributed by atoms with E-state index in [2.05, 4.69) is 0 Å². The number of aliphatic hydroxyl groups excluding tert-OH is 1. The summed E-state index contributed by atoms with van der Waals surface area (Å²) in [4.78, 5) is 0.162. The molecule has 0 aliphatic heterocycles. The van der Waals surface area contributed by atoms with Gasteiger partial charge in [0.15, 0.2) is 9.84 Å². The zero-order chi connectivity index (χ0) is 16.8. The number of rotatable bonds is 4. The van der Waals surface area contributed by atoms with Crippen molar-refractivity contribution in [3.8, 4) is 0 Å². The number of nitrogens with two attached hydrogens (primary N) is 1. The van der Waals surface area contributed by atoms with Crippen molar-refractivity contribution in [1.29, 1.82) is 0 Å². The number of sulfone groups is 1. The van der Waals surface area contributed by atoms with Gasteiger partial charge in [0, 0.05) is 5.92 Å². The van der Waals surface area contributed by atoms with Crippen LogP contribution in [0.15, 0.2) is 53.4 Å². The molecule has 0 radical (unpaired) electrons. The maximum atomic E-state index is 13.4. The topological polar surface area (TPSA) is 80.4 Å². The van der Waals surface area contributed by atoms with Crippen molar-refractivity contribution in [2.45, 2.75) is 28.5 Å². The van der Waals surface area contributed by atoms with Crippen LogP contribution in [-0.4, -0.2) is 30.9 Å². The standard InChI is InChI=1S/C17H18FNO3S/c1-11-5-7-14(8-6-11)23(21,22)16-15(17(16,19)10-20)12-3-2-4-13(18)9-12/h2-9,15-16,20H,10,19H2,1H3/t15-,16+,17-/m0/s1. The van der Waals surface area contributed by atoms with Gasteiger partial charge in [0.05, 0.1) is 22.3 Å². The van der Waals surface area contributed by atoms with Crippen molar-refractivity contribution in [2.24, 2.45) is 5.73 Å². The van der Waals surface area contributed by atoms with Crippen molar-refractivity contribution in [2.75, 3.05) is 6.61 Å². The van der Waals surface area contributed by atoms with Crippen molar-refractivity contribution in [3.63, 3.8) is 0 Å². The molecule has 1 aliphatic rings. The highest BCUT2D eigenvalue weighted by Crippen LogP contribution is 2.55. The predicted octanol–water partition coefficient (Wildman–Crippen LogP) is 1.76. The van der Waals surface area contributed by atoms with Crippen LogP contribution in [0.1, 0.15) is 17.0 Å². The molecule has 3 atom stereocenters. The van der Waals surface area contributed by atoms with Gasteiger partial charge in [-0.3, -0.25) is 0 Å². The average Bonchev–Trinajstić information content (AvgIpc) is 3.15. The van der Waals surface area contributed by atoms with Crippen LogP contribution in [-0.2, 0) is 9.84 Å². The molecule has 0 unspecified atom stereocenters. The van der Waals surface area contributed by atoms with E-state index in [4.69, 9.17) is 5.73 Å². The molecule has 0 bridgehead atoms. The Hall–Kier alpha value is -1.76. The summed E-state index contributed by atoms with van der Waals surface area (Å²) in [6.07, 6.45) is 0. The summed E-state index contributed by atoms with van der Waals surface area (Å²) in [5.74, 6) is -1.09. The molecule has 1 saturated carbocycles. The van der Waals surface area contributed by atoms with Gasteiger partial charge in [0.1, 0.15) is 5.82 Å². The number of benzene rings is 2. The first-order valence-electron chi connectivity index (χ1n) is 7.26. The van der Waals surface area contributed by atoms with Gasteiger partial charge in [-0.05, 0) is 36.8 Å². The highest BCUT2D eigenvalue weighted by Gasteiger charge is 2.69. The zero-order valence-corrected chi connectivity index (χ0v) is 13.4. The summed E-state index contributed by atoms with van der Waals surface area (Å²) in [6, 6.07) is 12.2. The monoisotopic (exact) mass is 335 g/mol. The lowest BCUT2D eigenvalue weighted by atomic mass is 10.1. The van der Waals surface area contributed by atoms with E-state index in [0.717, 1.165) is 5.56 Å². The minimum absolute atomic E-state index is 0.162. The number of aryl methyl sites for hydroxylation is 1. The molecular formula is C17H18FNO3S. The van der Waals surface area contributed by atoms with Crippen molar-refractivity contribution >= 4 is 9.84 Å². The normalized spacial score (nSPS) is 27.0. The maximum absolute atomic E-state index is 13.4. The summed E-state index contributed by atoms with van der Waals surface area (Å²) in [7, 11) is -3.72. The Bertz CT molecular complexity index is 835. The lowest BCUT2D eigenvalue weighted by Gasteiger charge is -2.08. The second-order valence-corrected chi connectivity index (χ2v) is 8.15. The van der Waals surface area contributed by atoms with Gasteiger partial charge in [0.2, 0.25) is 0 Å². The Morgan fingerprint density at radius 1 is 1.22 bits per heavy atom. The molecule has 6 heteroatoms. The highest BCUT2D eigenvalue weighted by molar-refractivity contribution is 7.92. The van der Waals surface area contributed by atoms with Crippen LogP contribution in [0.3, 0.4) is 0 Å². The van der Waals surface area contributed by atoms with Gasteiger partial charge in [-0.25, -0.2) is 12.8 Å². The Kier molecular flexibility index (Phi) is 3.78. The van der Waals surface area contributed by atoms with Crippen LogP contribution >= 0.6 is 0 Å². The fourth-order valence-corrected chi connectivity index (χ4v) is 5.44. The Labute approximate surface area is 134 Å². The van der Waals surface area contributed by atoms with E-state index in [-0.39, 0.29) is 4.90 Å². The molecule has 122 valence electrons. The Morgan fingerprint density at radius 2 is 1.87 bits per heavy atom. The average molecular weight is 335 g/mol. The van der Waals surface area contributed by atoms with E-state index >= 15 is 0 Å². The second-order valence-electron chi connectivity index (χ2n) is 6.08. The van der Waals surface area contributed by atoms with Gasteiger partial charge >= 0.3 is 0 Å². The number of aliphatic hydroxyl groups is 1. The highest BCUT2D eigenvalue weighted by atomic mass is 32.2. The van der Waals surface area contributed by atoms with Gasteiger partial charge in [-0.1, -0.05) is 29.8 Å². The summed E-state index contributed by atoms with van der Waals surface area (Å²) in [6.45, 7) is 1.38. The van der Waals surface area contributed by atoms with E-state index < -0.39 is 39.0 Å². The SMILES string of the molecule is Cc1ccc(S(=O)(=O)[C@@H]2[C@H](c3cccc(F)c3)[C@@]2(N)CO)cc1. The third kappa shape index (κ3) is 2.56. The molecule has 0 heterocycles. The first-order valence-corrected chi connectivity index (χ1v) is 8.81. The van der Waals surface area contributed by atoms with Gasteiger partial charge in [-0.15, -0.1) is 0 Å². The molecule has 1 aliphatic carbocycles. The largest absolute Gasteiger partial charge is 0.394 e. The second kappa shape index (κ2) is 5.40. The lowest BCUT2D eigenvalue weighted by Crippen LogP contribution is -2.35. The van der Waals surface area contributed by atoms with Crippen LogP contribution < -0.4 is 5.73 Å². The van der Waals surface area contributed by atoms with Crippen molar-refractivity contribution in [3.05, 3.63) is 65.5 Å². The van der Waals surface area contributed by atoms with Gasteiger partial charge < -0.3 is 10.8 Å². The quantitative estimate of drug-likeness (QED) is 0.892. The van der Waals surface area contributed by atoms with Crippen LogP contribution in [0.4, 0.5) is 4.39 Å². The molecule has 1 fully saturated rings. The lowest BCUT2D eigenvalue weighted by molar-refractivity contribution is 0.253. The summed E-state index contributed by atoms with van der Waals surface area (Å²) in [5, 5.41) is 8.64. The molecule has 2 aromatic carbocycles. The number of halogens is 1. The maximum Gasteiger partial charge on any atom is 0.183 e. The Balaban J connectivity index is 2.03. The van der Waals surface area contributed by atoms with E-state index in [1.54, 1.807) is 18.2 Å². The first-order chi connectivity index (χ1) is 10.8. The van der Waals surface area contributed by atoms with E-state index in [9.17, 15) is 17.9 Å². The smallest absolute Gasteiger partial charge is 0.183 e. The number of hydrogen-bond donors (Lipinski definition) is 2. The van der Waals surface area contributed by atoms with Crippen LogP contribution in [0, 0.1) is 12.7 Å². The van der Waals surface area contributed by atoms with Crippen LogP contribution in [0.5, 0.6) is 0 Å². The molecule has 3 N–H and O–H groups in total. The van der Waals surface area contributed by atoms with E-state index in [1.807, 2.05) is 6.92 Å².